The lowest BCUT2D eigenvalue weighted by atomic mass is 10.2. The van der Waals surface area contributed by atoms with E-state index in [0.717, 1.165) is 37.4 Å². The summed E-state index contributed by atoms with van der Waals surface area (Å²) < 4.78 is 0. The van der Waals surface area contributed by atoms with E-state index >= 15 is 0 Å². The van der Waals surface area contributed by atoms with E-state index < -0.39 is 0 Å². The van der Waals surface area contributed by atoms with Crippen molar-refractivity contribution in [2.45, 2.75) is 13.8 Å². The van der Waals surface area contributed by atoms with Crippen molar-refractivity contribution in [2.75, 3.05) is 42.9 Å². The molecule has 0 saturated carbocycles. The largest absolute Gasteiger partial charge is 0.376 e. The van der Waals surface area contributed by atoms with Crippen molar-refractivity contribution in [3.05, 3.63) is 59.7 Å². The minimum atomic E-state index is 0.169. The first-order valence-corrected chi connectivity index (χ1v) is 8.52. The van der Waals surface area contributed by atoms with E-state index in [1.807, 2.05) is 36.1 Å². The number of nitrogens with zero attached hydrogens (tertiary/aromatic N) is 2. The van der Waals surface area contributed by atoms with Crippen LogP contribution in [0.3, 0.4) is 0 Å². The lowest BCUT2D eigenvalue weighted by Gasteiger charge is -2.36. The third-order valence-corrected chi connectivity index (χ3v) is 4.57. The highest BCUT2D eigenvalue weighted by Crippen LogP contribution is 2.18. The standard InChI is InChI=1S/C20H25N3O/c1-16-6-5-8-18(14-16)22-10-12-23(13-11-22)20(24)15-21-19-9-4-3-7-17(19)2/h3-9,14,21H,10-13,15H2,1-2H3. The molecule has 1 aliphatic heterocycles. The summed E-state index contributed by atoms with van der Waals surface area (Å²) in [5, 5.41) is 3.26. The monoisotopic (exact) mass is 323 g/mol. The molecule has 1 aliphatic rings. The van der Waals surface area contributed by atoms with Gasteiger partial charge < -0.3 is 15.1 Å². The Hall–Kier alpha value is -2.49. The molecule has 24 heavy (non-hydrogen) atoms. The smallest absolute Gasteiger partial charge is 0.241 e. The predicted molar refractivity (Wildman–Crippen MR) is 99.6 cm³/mol. The van der Waals surface area contributed by atoms with Crippen molar-refractivity contribution < 1.29 is 4.79 Å². The van der Waals surface area contributed by atoms with E-state index in [0.29, 0.717) is 6.54 Å². The Kier molecular flexibility index (Phi) is 5.04. The second kappa shape index (κ2) is 7.39. The van der Waals surface area contributed by atoms with E-state index in [9.17, 15) is 4.79 Å². The zero-order valence-corrected chi connectivity index (χ0v) is 14.5. The Morgan fingerprint density at radius 1 is 1.00 bits per heavy atom. The summed E-state index contributed by atoms with van der Waals surface area (Å²) in [6.45, 7) is 7.85. The third kappa shape index (κ3) is 3.88. The fourth-order valence-corrected chi connectivity index (χ4v) is 3.09. The molecular weight excluding hydrogens is 298 g/mol. The van der Waals surface area contributed by atoms with Gasteiger partial charge in [0.2, 0.25) is 5.91 Å². The van der Waals surface area contributed by atoms with Gasteiger partial charge in [-0.05, 0) is 43.2 Å². The van der Waals surface area contributed by atoms with Gasteiger partial charge in [0.1, 0.15) is 0 Å². The number of benzene rings is 2. The molecule has 2 aromatic carbocycles. The normalized spacial score (nSPS) is 14.6. The van der Waals surface area contributed by atoms with Crippen molar-refractivity contribution in [3.8, 4) is 0 Å². The maximum atomic E-state index is 12.4. The zero-order chi connectivity index (χ0) is 16.9. The van der Waals surface area contributed by atoms with Crippen LogP contribution in [-0.2, 0) is 4.79 Å². The van der Waals surface area contributed by atoms with Crippen molar-refractivity contribution in [3.63, 3.8) is 0 Å². The van der Waals surface area contributed by atoms with Crippen LogP contribution in [0.2, 0.25) is 0 Å². The van der Waals surface area contributed by atoms with Gasteiger partial charge in [0, 0.05) is 37.6 Å². The summed E-state index contributed by atoms with van der Waals surface area (Å²) >= 11 is 0. The first-order chi connectivity index (χ1) is 11.6. The van der Waals surface area contributed by atoms with Gasteiger partial charge in [-0.15, -0.1) is 0 Å². The van der Waals surface area contributed by atoms with Crippen LogP contribution in [0.25, 0.3) is 0 Å². The summed E-state index contributed by atoms with van der Waals surface area (Å²) in [5.74, 6) is 0.169. The fourth-order valence-electron chi connectivity index (χ4n) is 3.09. The summed E-state index contributed by atoms with van der Waals surface area (Å²) in [7, 11) is 0. The molecule has 0 aromatic heterocycles. The number of rotatable bonds is 4. The molecule has 0 spiro atoms. The fraction of sp³-hybridized carbons (Fsp3) is 0.350. The number of carbonyl (C=O) groups is 1. The van der Waals surface area contributed by atoms with Gasteiger partial charge >= 0.3 is 0 Å². The maximum absolute atomic E-state index is 12.4. The number of hydrogen-bond donors (Lipinski definition) is 1. The van der Waals surface area contributed by atoms with Gasteiger partial charge in [0.15, 0.2) is 0 Å². The molecule has 1 heterocycles. The number of para-hydroxylation sites is 1. The number of hydrogen-bond acceptors (Lipinski definition) is 3. The highest BCUT2D eigenvalue weighted by atomic mass is 16.2. The van der Waals surface area contributed by atoms with E-state index in [1.54, 1.807) is 0 Å². The van der Waals surface area contributed by atoms with E-state index in [4.69, 9.17) is 0 Å². The van der Waals surface area contributed by atoms with Crippen molar-refractivity contribution in [2.24, 2.45) is 0 Å². The lowest BCUT2D eigenvalue weighted by molar-refractivity contribution is -0.129. The van der Waals surface area contributed by atoms with Crippen LogP contribution in [0.5, 0.6) is 0 Å². The highest BCUT2D eigenvalue weighted by molar-refractivity contribution is 5.81. The topological polar surface area (TPSA) is 35.6 Å². The molecule has 0 unspecified atom stereocenters. The van der Waals surface area contributed by atoms with Gasteiger partial charge in [-0.2, -0.15) is 0 Å². The molecular formula is C20H25N3O. The summed E-state index contributed by atoms with van der Waals surface area (Å²) in [6.07, 6.45) is 0. The number of amides is 1. The SMILES string of the molecule is Cc1cccc(N2CCN(C(=O)CNc3ccccc3C)CC2)c1. The Balaban J connectivity index is 1.51. The Bertz CT molecular complexity index is 706. The van der Waals surface area contributed by atoms with Crippen LogP contribution in [-0.4, -0.2) is 43.5 Å². The molecule has 1 saturated heterocycles. The van der Waals surface area contributed by atoms with Gasteiger partial charge in [0.05, 0.1) is 6.54 Å². The molecule has 0 radical (unpaired) electrons. The summed E-state index contributed by atoms with van der Waals surface area (Å²) in [6, 6.07) is 16.6. The molecule has 0 atom stereocenters. The second-order valence-electron chi connectivity index (χ2n) is 6.38. The molecule has 3 rings (SSSR count). The first kappa shape index (κ1) is 16.4. The molecule has 1 N–H and O–H groups in total. The predicted octanol–water partition coefficient (Wildman–Crippen LogP) is 3.06. The number of carbonyl (C=O) groups excluding carboxylic acids is 1. The minimum absolute atomic E-state index is 0.169. The molecule has 126 valence electrons. The van der Waals surface area contributed by atoms with E-state index in [2.05, 4.69) is 41.4 Å². The molecule has 2 aromatic rings. The Morgan fingerprint density at radius 3 is 2.46 bits per heavy atom. The summed E-state index contributed by atoms with van der Waals surface area (Å²) in [4.78, 5) is 16.7. The third-order valence-electron chi connectivity index (χ3n) is 4.57. The van der Waals surface area contributed by atoms with Crippen molar-refractivity contribution in [1.29, 1.82) is 0 Å². The maximum Gasteiger partial charge on any atom is 0.241 e. The molecule has 0 bridgehead atoms. The molecule has 1 fully saturated rings. The van der Waals surface area contributed by atoms with Crippen LogP contribution >= 0.6 is 0 Å². The van der Waals surface area contributed by atoms with Crippen LogP contribution in [0, 0.1) is 13.8 Å². The summed E-state index contributed by atoms with van der Waals surface area (Å²) in [5.41, 5.74) is 4.72. The zero-order valence-electron chi connectivity index (χ0n) is 14.5. The number of piperazine rings is 1. The average Bonchev–Trinajstić information content (AvgIpc) is 2.61. The van der Waals surface area contributed by atoms with Crippen LogP contribution in [0.15, 0.2) is 48.5 Å². The van der Waals surface area contributed by atoms with Crippen LogP contribution in [0.1, 0.15) is 11.1 Å². The Morgan fingerprint density at radius 2 is 1.75 bits per heavy atom. The quantitative estimate of drug-likeness (QED) is 0.939. The van der Waals surface area contributed by atoms with Gasteiger partial charge in [-0.3, -0.25) is 4.79 Å². The van der Waals surface area contributed by atoms with Crippen molar-refractivity contribution >= 4 is 17.3 Å². The van der Waals surface area contributed by atoms with Crippen LogP contribution < -0.4 is 10.2 Å². The molecule has 1 amide bonds. The van der Waals surface area contributed by atoms with Gasteiger partial charge in [-0.25, -0.2) is 0 Å². The van der Waals surface area contributed by atoms with Gasteiger partial charge in [0.25, 0.3) is 0 Å². The lowest BCUT2D eigenvalue weighted by Crippen LogP contribution is -2.50. The Labute approximate surface area is 144 Å². The number of aryl methyl sites for hydroxylation is 2. The average molecular weight is 323 g/mol. The van der Waals surface area contributed by atoms with E-state index in [-0.39, 0.29) is 5.91 Å². The highest BCUT2D eigenvalue weighted by Gasteiger charge is 2.21. The van der Waals surface area contributed by atoms with Crippen molar-refractivity contribution in [1.82, 2.24) is 4.90 Å². The second-order valence-corrected chi connectivity index (χ2v) is 6.38. The van der Waals surface area contributed by atoms with Gasteiger partial charge in [-0.1, -0.05) is 30.3 Å². The van der Waals surface area contributed by atoms with Crippen LogP contribution in [0.4, 0.5) is 11.4 Å². The first-order valence-electron chi connectivity index (χ1n) is 8.52. The molecule has 0 aliphatic carbocycles. The number of anilines is 2. The minimum Gasteiger partial charge on any atom is -0.376 e. The molecule has 4 heteroatoms. The number of nitrogens with one attached hydrogen (secondary N) is 1. The molecule has 4 nitrogen and oxygen atoms in total. The van der Waals surface area contributed by atoms with E-state index in [1.165, 1.54) is 11.3 Å².